The van der Waals surface area contributed by atoms with Crippen molar-refractivity contribution >= 4 is 0 Å². The Kier molecular flexibility index (Phi) is 3.03. The molecule has 0 aromatic heterocycles. The quantitative estimate of drug-likeness (QED) is 0.601. The summed E-state index contributed by atoms with van der Waals surface area (Å²) >= 11 is 0. The molecule has 13 heavy (non-hydrogen) atoms. The first-order valence-electron chi connectivity index (χ1n) is 5.15. The summed E-state index contributed by atoms with van der Waals surface area (Å²) in [6.45, 7) is 12.4. The molecule has 0 aliphatic carbocycles. The highest BCUT2D eigenvalue weighted by atomic mass is 15.2. The van der Waals surface area contributed by atoms with Crippen LogP contribution in [-0.4, -0.2) is 24.5 Å². The molecular formula is C12H21N. The highest BCUT2D eigenvalue weighted by Crippen LogP contribution is 2.26. The van der Waals surface area contributed by atoms with Crippen molar-refractivity contribution in [1.29, 1.82) is 0 Å². The molecule has 1 heterocycles. The summed E-state index contributed by atoms with van der Waals surface area (Å²) in [5.41, 5.74) is 0.0436. The van der Waals surface area contributed by atoms with E-state index in [0.29, 0.717) is 0 Å². The van der Waals surface area contributed by atoms with Gasteiger partial charge in [0.1, 0.15) is 0 Å². The Morgan fingerprint density at radius 1 is 1.46 bits per heavy atom. The van der Waals surface area contributed by atoms with E-state index in [1.165, 1.54) is 13.1 Å². The molecule has 1 saturated heterocycles. The molecule has 74 valence electrons. The second kappa shape index (κ2) is 3.72. The van der Waals surface area contributed by atoms with Crippen LogP contribution in [0.2, 0.25) is 0 Å². The van der Waals surface area contributed by atoms with Crippen LogP contribution < -0.4 is 0 Å². The van der Waals surface area contributed by atoms with Crippen LogP contribution in [0, 0.1) is 29.6 Å². The molecule has 0 aromatic rings. The molecule has 1 rings (SSSR count). The van der Waals surface area contributed by atoms with Gasteiger partial charge in [-0.3, -0.25) is 0 Å². The monoisotopic (exact) mass is 179 g/mol. The van der Waals surface area contributed by atoms with Crippen molar-refractivity contribution in [2.24, 2.45) is 17.3 Å². The van der Waals surface area contributed by atoms with Gasteiger partial charge in [0.15, 0.2) is 0 Å². The summed E-state index contributed by atoms with van der Waals surface area (Å²) in [5.74, 6) is 4.56. The van der Waals surface area contributed by atoms with Crippen molar-refractivity contribution in [3.8, 4) is 12.3 Å². The van der Waals surface area contributed by atoms with Gasteiger partial charge in [-0.25, -0.2) is 0 Å². The topological polar surface area (TPSA) is 3.24 Å². The van der Waals surface area contributed by atoms with Crippen molar-refractivity contribution in [1.82, 2.24) is 4.90 Å². The number of rotatable bonds is 3. The third-order valence-electron chi connectivity index (χ3n) is 2.94. The van der Waals surface area contributed by atoms with E-state index >= 15 is 0 Å². The Labute approximate surface area is 82.5 Å². The average Bonchev–Trinajstić information content (AvgIpc) is 1.95. The van der Waals surface area contributed by atoms with Crippen molar-refractivity contribution in [2.75, 3.05) is 19.6 Å². The fraction of sp³-hybridized carbons (Fsp3) is 0.833. The van der Waals surface area contributed by atoms with Crippen LogP contribution in [-0.2, 0) is 0 Å². The number of nitrogens with zero attached hydrogens (tertiary/aromatic N) is 1. The number of terminal acetylenes is 1. The third-order valence-corrected chi connectivity index (χ3v) is 2.94. The van der Waals surface area contributed by atoms with Crippen LogP contribution in [0.5, 0.6) is 0 Å². The van der Waals surface area contributed by atoms with Crippen LogP contribution in [0.1, 0.15) is 27.7 Å². The highest BCUT2D eigenvalue weighted by Gasteiger charge is 2.31. The number of likely N-dealkylation sites (tertiary alicyclic amines) is 1. The lowest BCUT2D eigenvalue weighted by atomic mass is 9.85. The minimum absolute atomic E-state index is 0.0436. The molecule has 0 spiro atoms. The lowest BCUT2D eigenvalue weighted by Crippen LogP contribution is -2.51. The average molecular weight is 179 g/mol. The van der Waals surface area contributed by atoms with E-state index in [0.717, 1.165) is 18.4 Å². The Hall–Kier alpha value is -0.480. The van der Waals surface area contributed by atoms with E-state index in [-0.39, 0.29) is 5.41 Å². The molecule has 0 atom stereocenters. The van der Waals surface area contributed by atoms with Gasteiger partial charge in [-0.15, -0.1) is 6.42 Å². The molecule has 1 nitrogen and oxygen atoms in total. The second-order valence-electron chi connectivity index (χ2n) is 5.23. The smallest absolute Gasteiger partial charge is 0.0382 e. The minimum atomic E-state index is 0.0436. The van der Waals surface area contributed by atoms with Crippen molar-refractivity contribution in [2.45, 2.75) is 27.7 Å². The van der Waals surface area contributed by atoms with Crippen LogP contribution in [0.25, 0.3) is 0 Å². The maximum atomic E-state index is 5.45. The number of hydrogen-bond acceptors (Lipinski definition) is 1. The van der Waals surface area contributed by atoms with Gasteiger partial charge >= 0.3 is 0 Å². The maximum Gasteiger partial charge on any atom is 0.0382 e. The zero-order chi connectivity index (χ0) is 10.1. The summed E-state index contributed by atoms with van der Waals surface area (Å²) in [6.07, 6.45) is 5.45. The fourth-order valence-electron chi connectivity index (χ4n) is 1.77. The first-order chi connectivity index (χ1) is 5.94. The molecular weight excluding hydrogens is 158 g/mol. The Balaban J connectivity index is 2.27. The van der Waals surface area contributed by atoms with E-state index in [1.54, 1.807) is 0 Å². The summed E-state index contributed by atoms with van der Waals surface area (Å²) < 4.78 is 0. The van der Waals surface area contributed by atoms with Gasteiger partial charge in [0.05, 0.1) is 0 Å². The van der Waals surface area contributed by atoms with Crippen LogP contribution >= 0.6 is 0 Å². The first kappa shape index (κ1) is 10.6. The van der Waals surface area contributed by atoms with Crippen molar-refractivity contribution < 1.29 is 0 Å². The van der Waals surface area contributed by atoms with Crippen LogP contribution in [0.15, 0.2) is 0 Å². The molecule has 0 aromatic carbocycles. The summed E-state index contributed by atoms with van der Waals surface area (Å²) in [7, 11) is 0. The SMILES string of the molecule is C#CC(C)(C)CN1CC(C(C)C)C1. The molecule has 0 saturated carbocycles. The van der Waals surface area contributed by atoms with Gasteiger partial charge in [-0.2, -0.15) is 0 Å². The fourth-order valence-corrected chi connectivity index (χ4v) is 1.77. The van der Waals surface area contributed by atoms with Gasteiger partial charge in [-0.1, -0.05) is 19.8 Å². The summed E-state index contributed by atoms with van der Waals surface area (Å²) in [6, 6.07) is 0. The van der Waals surface area contributed by atoms with Gasteiger partial charge in [-0.05, 0) is 25.7 Å². The molecule has 0 bridgehead atoms. The molecule has 1 fully saturated rings. The van der Waals surface area contributed by atoms with E-state index in [4.69, 9.17) is 6.42 Å². The molecule has 1 heteroatoms. The second-order valence-corrected chi connectivity index (χ2v) is 5.23. The normalized spacial score (nSPS) is 20.0. The lowest BCUT2D eigenvalue weighted by molar-refractivity contribution is 0.0473. The van der Waals surface area contributed by atoms with Crippen molar-refractivity contribution in [3.63, 3.8) is 0 Å². The van der Waals surface area contributed by atoms with Crippen LogP contribution in [0.3, 0.4) is 0 Å². The van der Waals surface area contributed by atoms with Gasteiger partial charge < -0.3 is 4.90 Å². The molecule has 0 amide bonds. The van der Waals surface area contributed by atoms with Gasteiger partial charge in [0.25, 0.3) is 0 Å². The Morgan fingerprint density at radius 3 is 2.38 bits per heavy atom. The van der Waals surface area contributed by atoms with E-state index in [9.17, 15) is 0 Å². The number of hydrogen-bond donors (Lipinski definition) is 0. The zero-order valence-electron chi connectivity index (χ0n) is 9.30. The van der Waals surface area contributed by atoms with Crippen molar-refractivity contribution in [3.05, 3.63) is 0 Å². The van der Waals surface area contributed by atoms with E-state index in [2.05, 4.69) is 38.5 Å². The predicted molar refractivity (Wildman–Crippen MR) is 57.4 cm³/mol. The Morgan fingerprint density at radius 2 is 2.00 bits per heavy atom. The van der Waals surface area contributed by atoms with Gasteiger partial charge in [0.2, 0.25) is 0 Å². The maximum absolute atomic E-state index is 5.45. The molecule has 0 N–H and O–H groups in total. The third kappa shape index (κ3) is 2.74. The predicted octanol–water partition coefficient (Wildman–Crippen LogP) is 2.23. The largest absolute Gasteiger partial charge is 0.301 e. The first-order valence-corrected chi connectivity index (χ1v) is 5.15. The standard InChI is InChI=1S/C12H21N/c1-6-12(4,5)9-13-7-11(8-13)10(2)3/h1,10-11H,7-9H2,2-5H3. The Bertz CT molecular complexity index is 204. The lowest BCUT2D eigenvalue weighted by Gasteiger charge is -2.44. The minimum Gasteiger partial charge on any atom is -0.301 e. The summed E-state index contributed by atoms with van der Waals surface area (Å²) in [5, 5.41) is 0. The summed E-state index contributed by atoms with van der Waals surface area (Å²) in [4.78, 5) is 2.46. The molecule has 0 radical (unpaired) electrons. The molecule has 1 aliphatic rings. The van der Waals surface area contributed by atoms with Gasteiger partial charge in [0, 0.05) is 25.0 Å². The molecule has 0 unspecified atom stereocenters. The molecule has 1 aliphatic heterocycles. The van der Waals surface area contributed by atoms with E-state index < -0.39 is 0 Å². The zero-order valence-corrected chi connectivity index (χ0v) is 9.30. The van der Waals surface area contributed by atoms with Crippen LogP contribution in [0.4, 0.5) is 0 Å². The highest BCUT2D eigenvalue weighted by molar-refractivity contribution is 5.03. The van der Waals surface area contributed by atoms with E-state index in [1.807, 2.05) is 0 Å².